The fourth-order valence-corrected chi connectivity index (χ4v) is 2.05. The molecule has 2 aromatic heterocycles. The van der Waals surface area contributed by atoms with E-state index in [1.54, 1.807) is 0 Å². The van der Waals surface area contributed by atoms with E-state index in [0.29, 0.717) is 0 Å². The van der Waals surface area contributed by atoms with E-state index in [9.17, 15) is 0 Å². The highest BCUT2D eigenvalue weighted by atomic mass is 15.0. The van der Waals surface area contributed by atoms with Gasteiger partial charge in [0.1, 0.15) is 5.65 Å². The van der Waals surface area contributed by atoms with Crippen molar-refractivity contribution in [2.75, 3.05) is 0 Å². The second-order valence-corrected chi connectivity index (χ2v) is 3.78. The number of para-hydroxylation sites is 2. The summed E-state index contributed by atoms with van der Waals surface area (Å²) in [6.07, 6.45) is 0. The van der Waals surface area contributed by atoms with Crippen LogP contribution in [0, 0.1) is 13.8 Å². The second kappa shape index (κ2) is 2.41. The number of hydrogen-bond donors (Lipinski definition) is 1. The molecule has 0 atom stereocenters. The zero-order chi connectivity index (χ0) is 9.71. The summed E-state index contributed by atoms with van der Waals surface area (Å²) in [6, 6.07) is 10.6. The largest absolute Gasteiger partial charge is 0.340 e. The van der Waals surface area contributed by atoms with Gasteiger partial charge in [-0.2, -0.15) is 0 Å². The Morgan fingerprint density at radius 2 is 1.93 bits per heavy atom. The van der Waals surface area contributed by atoms with Gasteiger partial charge in [-0.3, -0.25) is 4.40 Å². The van der Waals surface area contributed by atoms with Crippen LogP contribution in [-0.2, 0) is 0 Å². The van der Waals surface area contributed by atoms with E-state index in [1.807, 2.05) is 0 Å². The molecule has 0 unspecified atom stereocenters. The first-order chi connectivity index (χ1) is 6.77. The van der Waals surface area contributed by atoms with Crippen LogP contribution in [0.4, 0.5) is 0 Å². The number of rotatable bonds is 0. The standard InChI is InChI=1S/C12H12N2/c1-8-7-12-13-10-5-3-4-6-11(10)14(12)9(8)2/h3-7,13H,1-2H3. The Balaban J connectivity index is 2.62. The summed E-state index contributed by atoms with van der Waals surface area (Å²) < 4.78 is 2.27. The van der Waals surface area contributed by atoms with Crippen molar-refractivity contribution in [1.29, 1.82) is 0 Å². The van der Waals surface area contributed by atoms with Gasteiger partial charge in [0.05, 0.1) is 11.0 Å². The molecule has 0 saturated heterocycles. The summed E-state index contributed by atoms with van der Waals surface area (Å²) in [5, 5.41) is 0. The molecule has 3 rings (SSSR count). The summed E-state index contributed by atoms with van der Waals surface area (Å²) in [5.74, 6) is 0. The molecule has 0 amide bonds. The number of fused-ring (bicyclic) bond motifs is 3. The quantitative estimate of drug-likeness (QED) is 0.554. The number of nitrogens with one attached hydrogen (secondary N) is 1. The minimum absolute atomic E-state index is 1.18. The number of aromatic nitrogens is 2. The normalized spacial score (nSPS) is 11.6. The first kappa shape index (κ1) is 7.68. The lowest BCUT2D eigenvalue weighted by molar-refractivity contribution is 1.15. The molecule has 0 fully saturated rings. The minimum atomic E-state index is 1.18. The van der Waals surface area contributed by atoms with Crippen LogP contribution in [-0.4, -0.2) is 9.38 Å². The molecular formula is C12H12N2. The van der Waals surface area contributed by atoms with Crippen LogP contribution in [0.2, 0.25) is 0 Å². The van der Waals surface area contributed by atoms with Gasteiger partial charge < -0.3 is 4.98 Å². The van der Waals surface area contributed by atoms with Crippen LogP contribution in [0.15, 0.2) is 30.3 Å². The second-order valence-electron chi connectivity index (χ2n) is 3.78. The molecule has 0 saturated carbocycles. The van der Waals surface area contributed by atoms with Gasteiger partial charge in [0.25, 0.3) is 0 Å². The van der Waals surface area contributed by atoms with Gasteiger partial charge in [0.15, 0.2) is 0 Å². The molecule has 70 valence electrons. The third kappa shape index (κ3) is 0.803. The fraction of sp³-hybridized carbons (Fsp3) is 0.167. The van der Waals surface area contributed by atoms with Crippen LogP contribution in [0.3, 0.4) is 0 Å². The fourth-order valence-electron chi connectivity index (χ4n) is 2.05. The maximum atomic E-state index is 3.40. The van der Waals surface area contributed by atoms with Crippen LogP contribution in [0.25, 0.3) is 16.7 Å². The average Bonchev–Trinajstić information content (AvgIpc) is 2.65. The molecular weight excluding hydrogens is 172 g/mol. The molecule has 3 aromatic rings. The van der Waals surface area contributed by atoms with Crippen LogP contribution >= 0.6 is 0 Å². The van der Waals surface area contributed by atoms with Crippen LogP contribution in [0.5, 0.6) is 0 Å². The molecule has 0 aliphatic rings. The topological polar surface area (TPSA) is 20.2 Å². The summed E-state index contributed by atoms with van der Waals surface area (Å²) in [4.78, 5) is 3.40. The minimum Gasteiger partial charge on any atom is -0.340 e. The molecule has 0 bridgehead atoms. The monoisotopic (exact) mass is 184 g/mol. The summed E-state index contributed by atoms with van der Waals surface area (Å²) in [6.45, 7) is 4.30. The predicted octanol–water partition coefficient (Wildman–Crippen LogP) is 3.04. The van der Waals surface area contributed by atoms with Gasteiger partial charge in [-0.15, -0.1) is 0 Å². The van der Waals surface area contributed by atoms with Crippen molar-refractivity contribution in [3.63, 3.8) is 0 Å². The predicted molar refractivity (Wildman–Crippen MR) is 58.7 cm³/mol. The van der Waals surface area contributed by atoms with E-state index in [1.165, 1.54) is 27.9 Å². The molecule has 2 nitrogen and oxygen atoms in total. The lowest BCUT2D eigenvalue weighted by atomic mass is 10.3. The Morgan fingerprint density at radius 3 is 2.79 bits per heavy atom. The highest BCUT2D eigenvalue weighted by molar-refractivity contribution is 5.81. The first-order valence-corrected chi connectivity index (χ1v) is 4.83. The summed E-state index contributed by atoms with van der Waals surface area (Å²) in [5.41, 5.74) is 6.29. The molecule has 2 heteroatoms. The maximum Gasteiger partial charge on any atom is 0.115 e. The van der Waals surface area contributed by atoms with E-state index in [4.69, 9.17) is 0 Å². The number of hydrogen-bond acceptors (Lipinski definition) is 0. The van der Waals surface area contributed by atoms with Gasteiger partial charge >= 0.3 is 0 Å². The Hall–Kier alpha value is -1.70. The number of nitrogens with zero attached hydrogens (tertiary/aromatic N) is 1. The lowest BCUT2D eigenvalue weighted by Gasteiger charge is -1.95. The Bertz CT molecular complexity index is 614. The van der Waals surface area contributed by atoms with E-state index in [0.717, 1.165) is 0 Å². The van der Waals surface area contributed by atoms with E-state index < -0.39 is 0 Å². The third-order valence-electron chi connectivity index (χ3n) is 2.91. The zero-order valence-electron chi connectivity index (χ0n) is 8.33. The first-order valence-electron chi connectivity index (χ1n) is 4.83. The van der Waals surface area contributed by atoms with Gasteiger partial charge in [0.2, 0.25) is 0 Å². The summed E-state index contributed by atoms with van der Waals surface area (Å²) in [7, 11) is 0. The molecule has 0 radical (unpaired) electrons. The van der Waals surface area contributed by atoms with Crippen molar-refractivity contribution in [1.82, 2.24) is 9.38 Å². The number of H-pyrrole nitrogens is 1. The van der Waals surface area contributed by atoms with Crippen molar-refractivity contribution in [3.8, 4) is 0 Å². The number of aromatic amines is 1. The molecule has 1 aromatic carbocycles. The van der Waals surface area contributed by atoms with E-state index in [2.05, 4.69) is 53.6 Å². The van der Waals surface area contributed by atoms with Crippen molar-refractivity contribution in [2.45, 2.75) is 13.8 Å². The van der Waals surface area contributed by atoms with Crippen molar-refractivity contribution >= 4 is 16.7 Å². The van der Waals surface area contributed by atoms with Crippen LogP contribution < -0.4 is 0 Å². The molecule has 2 heterocycles. The van der Waals surface area contributed by atoms with Gasteiger partial charge in [-0.25, -0.2) is 0 Å². The van der Waals surface area contributed by atoms with Crippen molar-refractivity contribution in [2.24, 2.45) is 0 Å². The maximum absolute atomic E-state index is 3.40. The molecule has 0 aliphatic heterocycles. The Labute approximate surface area is 82.2 Å². The Morgan fingerprint density at radius 1 is 1.14 bits per heavy atom. The molecule has 0 aliphatic carbocycles. The van der Waals surface area contributed by atoms with Gasteiger partial charge in [-0.1, -0.05) is 12.1 Å². The number of imidazole rings is 1. The van der Waals surface area contributed by atoms with Crippen molar-refractivity contribution < 1.29 is 0 Å². The Kier molecular flexibility index (Phi) is 1.32. The molecule has 1 N–H and O–H groups in total. The van der Waals surface area contributed by atoms with Gasteiger partial charge in [-0.05, 0) is 37.6 Å². The lowest BCUT2D eigenvalue weighted by Crippen LogP contribution is -1.84. The highest BCUT2D eigenvalue weighted by Gasteiger charge is 2.07. The van der Waals surface area contributed by atoms with Gasteiger partial charge in [0, 0.05) is 5.69 Å². The SMILES string of the molecule is Cc1cc2[nH]c3ccccc3n2c1C. The van der Waals surface area contributed by atoms with E-state index >= 15 is 0 Å². The number of benzene rings is 1. The smallest absolute Gasteiger partial charge is 0.115 e. The number of aryl methyl sites for hydroxylation is 2. The van der Waals surface area contributed by atoms with Crippen LogP contribution in [0.1, 0.15) is 11.3 Å². The van der Waals surface area contributed by atoms with Crippen molar-refractivity contribution in [3.05, 3.63) is 41.6 Å². The van der Waals surface area contributed by atoms with E-state index in [-0.39, 0.29) is 0 Å². The molecule has 14 heavy (non-hydrogen) atoms. The molecule has 0 spiro atoms. The third-order valence-corrected chi connectivity index (χ3v) is 2.91. The zero-order valence-corrected chi connectivity index (χ0v) is 8.33. The highest BCUT2D eigenvalue weighted by Crippen LogP contribution is 2.21. The average molecular weight is 184 g/mol. The summed E-state index contributed by atoms with van der Waals surface area (Å²) >= 11 is 0.